The minimum atomic E-state index is -0.393. The van der Waals surface area contributed by atoms with Crippen LogP contribution in [0.25, 0.3) is 27.6 Å². The molecule has 9 heteroatoms. The number of benzene rings is 2. The molecular weight excluding hydrogens is 440 g/mol. The van der Waals surface area contributed by atoms with Crippen LogP contribution in [0, 0.1) is 11.3 Å². The SMILES string of the molecule is C[C@H](Nc1ncnc(N)c1C#N)c1cc2cccc(-c3cnn(C)c3)c2c(=O)n1-c1ccccc1. The molecule has 172 valence electrons. The molecule has 3 heterocycles. The normalized spacial score (nSPS) is 11.8. The summed E-state index contributed by atoms with van der Waals surface area (Å²) in [7, 11) is 1.84. The van der Waals surface area contributed by atoms with E-state index in [4.69, 9.17) is 5.73 Å². The van der Waals surface area contributed by atoms with Crippen molar-refractivity contribution < 1.29 is 0 Å². The van der Waals surface area contributed by atoms with Crippen LogP contribution in [0.3, 0.4) is 0 Å². The first-order valence-corrected chi connectivity index (χ1v) is 11.0. The molecule has 0 aliphatic carbocycles. The van der Waals surface area contributed by atoms with Gasteiger partial charge in [0.2, 0.25) is 0 Å². The Bertz CT molecular complexity index is 1650. The molecule has 0 spiro atoms. The summed E-state index contributed by atoms with van der Waals surface area (Å²) in [4.78, 5) is 22.2. The zero-order valence-corrected chi connectivity index (χ0v) is 19.2. The van der Waals surface area contributed by atoms with Gasteiger partial charge in [0.15, 0.2) is 0 Å². The van der Waals surface area contributed by atoms with Crippen LogP contribution in [0.4, 0.5) is 11.6 Å². The zero-order valence-electron chi connectivity index (χ0n) is 19.2. The van der Waals surface area contributed by atoms with E-state index in [1.807, 2.05) is 80.8 Å². The smallest absolute Gasteiger partial charge is 0.263 e. The van der Waals surface area contributed by atoms with Gasteiger partial charge >= 0.3 is 0 Å². The van der Waals surface area contributed by atoms with Crippen molar-refractivity contribution in [3.8, 4) is 22.9 Å². The van der Waals surface area contributed by atoms with Gasteiger partial charge in [-0.1, -0.05) is 36.4 Å². The maximum atomic E-state index is 14.1. The Kier molecular flexibility index (Phi) is 5.47. The number of para-hydroxylation sites is 1. The summed E-state index contributed by atoms with van der Waals surface area (Å²) in [5.41, 5.74) is 8.98. The lowest BCUT2D eigenvalue weighted by Crippen LogP contribution is -2.26. The number of aryl methyl sites for hydroxylation is 1. The molecule has 1 atom stereocenters. The van der Waals surface area contributed by atoms with Gasteiger partial charge < -0.3 is 11.1 Å². The molecule has 3 N–H and O–H groups in total. The number of nitrogens with two attached hydrogens (primary N) is 1. The van der Waals surface area contributed by atoms with E-state index in [9.17, 15) is 10.1 Å². The van der Waals surface area contributed by atoms with Crippen LogP contribution in [0.2, 0.25) is 0 Å². The molecule has 35 heavy (non-hydrogen) atoms. The Labute approximate surface area is 201 Å². The van der Waals surface area contributed by atoms with Gasteiger partial charge in [0.05, 0.1) is 17.6 Å². The van der Waals surface area contributed by atoms with Crippen LogP contribution in [0.1, 0.15) is 24.2 Å². The number of hydrogen-bond acceptors (Lipinski definition) is 7. The van der Waals surface area contributed by atoms with Gasteiger partial charge in [-0.25, -0.2) is 9.97 Å². The van der Waals surface area contributed by atoms with E-state index in [-0.39, 0.29) is 16.9 Å². The number of rotatable bonds is 5. The zero-order chi connectivity index (χ0) is 24.5. The topological polar surface area (TPSA) is 127 Å². The van der Waals surface area contributed by atoms with Gasteiger partial charge in [0.25, 0.3) is 5.56 Å². The van der Waals surface area contributed by atoms with Crippen molar-refractivity contribution in [2.45, 2.75) is 13.0 Å². The molecule has 9 nitrogen and oxygen atoms in total. The van der Waals surface area contributed by atoms with Crippen LogP contribution in [0.15, 0.2) is 78.1 Å². The Hall–Kier alpha value is -4.97. The first kappa shape index (κ1) is 21.9. The summed E-state index contributed by atoms with van der Waals surface area (Å²) in [5.74, 6) is 0.404. The van der Waals surface area contributed by atoms with E-state index in [0.29, 0.717) is 16.9 Å². The Balaban J connectivity index is 1.75. The van der Waals surface area contributed by atoms with E-state index in [0.717, 1.165) is 22.2 Å². The van der Waals surface area contributed by atoms with E-state index in [1.165, 1.54) is 6.33 Å². The van der Waals surface area contributed by atoms with Crippen molar-refractivity contribution in [2.75, 3.05) is 11.1 Å². The standard InChI is InChI=1S/C26H22N8O/c1-16(32-25-21(12-27)24(28)29-15-30-25)22-11-17-7-6-10-20(18-13-31-33(2)14-18)23(17)26(35)34(22)19-8-4-3-5-9-19/h3-11,13-16H,1-2H3,(H3,28,29,30,32)/t16-/m0/s1. The second-order valence-corrected chi connectivity index (χ2v) is 8.18. The molecule has 2 aromatic carbocycles. The van der Waals surface area contributed by atoms with Crippen LogP contribution in [-0.4, -0.2) is 24.3 Å². The first-order valence-electron chi connectivity index (χ1n) is 11.0. The Morgan fingerprint density at radius 2 is 1.91 bits per heavy atom. The molecule has 0 fully saturated rings. The summed E-state index contributed by atoms with van der Waals surface area (Å²) in [5, 5.41) is 18.5. The highest BCUT2D eigenvalue weighted by Crippen LogP contribution is 2.30. The van der Waals surface area contributed by atoms with E-state index < -0.39 is 6.04 Å². The van der Waals surface area contributed by atoms with Crippen molar-refractivity contribution >= 4 is 22.4 Å². The highest BCUT2D eigenvalue weighted by Gasteiger charge is 2.20. The third kappa shape index (κ3) is 3.87. The lowest BCUT2D eigenvalue weighted by atomic mass is 9.99. The van der Waals surface area contributed by atoms with Crippen LogP contribution in [-0.2, 0) is 7.05 Å². The first-order chi connectivity index (χ1) is 17.0. The van der Waals surface area contributed by atoms with Crippen molar-refractivity contribution in [1.82, 2.24) is 24.3 Å². The summed E-state index contributed by atoms with van der Waals surface area (Å²) in [6, 6.07) is 18.9. The quantitative estimate of drug-likeness (QED) is 0.406. The molecule has 5 rings (SSSR count). The molecular formula is C26H22N8O. The number of fused-ring (bicyclic) bond motifs is 1. The lowest BCUT2D eigenvalue weighted by molar-refractivity contribution is 0.768. The minimum Gasteiger partial charge on any atom is -0.382 e. The minimum absolute atomic E-state index is 0.0947. The van der Waals surface area contributed by atoms with Gasteiger partial charge in [0, 0.05) is 30.2 Å². The molecule has 0 aliphatic heterocycles. The number of pyridine rings is 1. The van der Waals surface area contributed by atoms with Gasteiger partial charge in [-0.2, -0.15) is 10.4 Å². The second kappa shape index (κ2) is 8.76. The largest absolute Gasteiger partial charge is 0.382 e. The Morgan fingerprint density at radius 1 is 1.11 bits per heavy atom. The third-order valence-corrected chi connectivity index (χ3v) is 5.89. The molecule has 0 saturated carbocycles. The summed E-state index contributed by atoms with van der Waals surface area (Å²) in [6.07, 6.45) is 4.94. The van der Waals surface area contributed by atoms with E-state index >= 15 is 0 Å². The van der Waals surface area contributed by atoms with Crippen molar-refractivity contribution in [2.24, 2.45) is 7.05 Å². The van der Waals surface area contributed by atoms with Gasteiger partial charge in [-0.15, -0.1) is 0 Å². The average Bonchev–Trinajstić information content (AvgIpc) is 3.30. The fourth-order valence-corrected chi connectivity index (χ4v) is 4.24. The summed E-state index contributed by atoms with van der Waals surface area (Å²) >= 11 is 0. The van der Waals surface area contributed by atoms with Crippen molar-refractivity contribution in [3.05, 3.63) is 94.9 Å². The summed E-state index contributed by atoms with van der Waals surface area (Å²) in [6.45, 7) is 1.91. The monoisotopic (exact) mass is 462 g/mol. The second-order valence-electron chi connectivity index (χ2n) is 8.18. The highest BCUT2D eigenvalue weighted by molar-refractivity contribution is 5.96. The maximum Gasteiger partial charge on any atom is 0.263 e. The van der Waals surface area contributed by atoms with E-state index in [1.54, 1.807) is 15.4 Å². The third-order valence-electron chi connectivity index (χ3n) is 5.89. The lowest BCUT2D eigenvalue weighted by Gasteiger charge is -2.22. The molecule has 0 saturated heterocycles. The van der Waals surface area contributed by atoms with Gasteiger partial charge in [-0.3, -0.25) is 14.0 Å². The van der Waals surface area contributed by atoms with Crippen LogP contribution in [0.5, 0.6) is 0 Å². The van der Waals surface area contributed by atoms with Crippen molar-refractivity contribution in [3.63, 3.8) is 0 Å². The van der Waals surface area contributed by atoms with E-state index in [2.05, 4.69) is 20.4 Å². The predicted molar refractivity (Wildman–Crippen MR) is 135 cm³/mol. The summed E-state index contributed by atoms with van der Waals surface area (Å²) < 4.78 is 3.40. The van der Waals surface area contributed by atoms with Gasteiger partial charge in [0.1, 0.15) is 29.6 Å². The molecule has 0 aliphatic rings. The predicted octanol–water partition coefficient (Wildman–Crippen LogP) is 3.81. The van der Waals surface area contributed by atoms with Gasteiger partial charge in [-0.05, 0) is 36.1 Å². The average molecular weight is 463 g/mol. The molecule has 3 aromatic heterocycles. The fourth-order valence-electron chi connectivity index (χ4n) is 4.24. The number of nitriles is 1. The molecule has 0 amide bonds. The molecule has 0 unspecified atom stereocenters. The van der Waals surface area contributed by atoms with Crippen LogP contribution < -0.4 is 16.6 Å². The molecule has 5 aromatic rings. The molecule has 0 bridgehead atoms. The number of anilines is 2. The number of aromatic nitrogens is 5. The number of hydrogen-bond donors (Lipinski definition) is 2. The number of nitrogens with zero attached hydrogens (tertiary/aromatic N) is 6. The maximum absolute atomic E-state index is 14.1. The highest BCUT2D eigenvalue weighted by atomic mass is 16.1. The Morgan fingerprint density at radius 3 is 2.63 bits per heavy atom. The fraction of sp³-hybridized carbons (Fsp3) is 0.115. The number of nitrogen functional groups attached to an aromatic ring is 1. The number of nitrogens with one attached hydrogen (secondary N) is 1. The van der Waals surface area contributed by atoms with Crippen LogP contribution >= 0.6 is 0 Å². The van der Waals surface area contributed by atoms with Crippen molar-refractivity contribution in [1.29, 1.82) is 5.26 Å². The molecule has 0 radical (unpaired) electrons.